The molecule has 0 bridgehead atoms. The van der Waals surface area contributed by atoms with Crippen molar-refractivity contribution in [2.24, 2.45) is 0 Å². The molecule has 2 amide bonds. The number of rotatable bonds is 11. The summed E-state index contributed by atoms with van der Waals surface area (Å²) >= 11 is 1.44. The van der Waals surface area contributed by atoms with Crippen molar-refractivity contribution < 1.29 is 14.3 Å². The van der Waals surface area contributed by atoms with E-state index in [0.717, 1.165) is 34.6 Å². The molecule has 0 fully saturated rings. The van der Waals surface area contributed by atoms with Crippen molar-refractivity contribution in [3.05, 3.63) is 120 Å². The highest BCUT2D eigenvalue weighted by molar-refractivity contribution is 8.00. The SMILES string of the molecule is CCCCOc1ccc(NC(=O)C(Sc2cccc(NC(=O)c3ccc(C)cc3)c2)c2ccccc2)cc1. The first-order valence-corrected chi connectivity index (χ1v) is 13.6. The van der Waals surface area contributed by atoms with Crippen molar-refractivity contribution in [2.75, 3.05) is 17.2 Å². The molecule has 5 nitrogen and oxygen atoms in total. The predicted octanol–water partition coefficient (Wildman–Crippen LogP) is 7.90. The summed E-state index contributed by atoms with van der Waals surface area (Å²) < 4.78 is 5.73. The Kier molecular flexibility index (Phi) is 9.59. The lowest BCUT2D eigenvalue weighted by Crippen LogP contribution is -2.19. The number of unbranched alkanes of at least 4 members (excludes halogenated alkanes) is 1. The first-order valence-electron chi connectivity index (χ1n) is 12.8. The molecule has 0 aromatic heterocycles. The number of anilines is 2. The number of nitrogens with one attached hydrogen (secondary N) is 2. The number of carbonyl (C=O) groups excluding carboxylic acids is 2. The van der Waals surface area contributed by atoms with E-state index in [1.165, 1.54) is 11.8 Å². The average molecular weight is 525 g/mol. The maximum Gasteiger partial charge on any atom is 0.255 e. The fourth-order valence-electron chi connectivity index (χ4n) is 3.77. The highest BCUT2D eigenvalue weighted by Gasteiger charge is 2.22. The summed E-state index contributed by atoms with van der Waals surface area (Å²) in [5.41, 5.74) is 3.96. The smallest absolute Gasteiger partial charge is 0.255 e. The van der Waals surface area contributed by atoms with E-state index < -0.39 is 5.25 Å². The van der Waals surface area contributed by atoms with Crippen LogP contribution in [0.4, 0.5) is 11.4 Å². The Bertz CT molecular complexity index is 1340. The number of hydrogen-bond acceptors (Lipinski definition) is 4. The minimum Gasteiger partial charge on any atom is -0.494 e. The van der Waals surface area contributed by atoms with E-state index in [2.05, 4.69) is 17.6 Å². The van der Waals surface area contributed by atoms with Crippen molar-refractivity contribution in [1.29, 1.82) is 0 Å². The summed E-state index contributed by atoms with van der Waals surface area (Å²) in [5.74, 6) is 0.483. The molecule has 1 unspecified atom stereocenters. The fourth-order valence-corrected chi connectivity index (χ4v) is 4.85. The number of ether oxygens (including phenoxy) is 1. The molecule has 0 saturated carbocycles. The molecular weight excluding hydrogens is 492 g/mol. The highest BCUT2D eigenvalue weighted by atomic mass is 32.2. The Morgan fingerprint density at radius 3 is 2.26 bits per heavy atom. The molecule has 194 valence electrons. The summed E-state index contributed by atoms with van der Waals surface area (Å²) in [6.07, 6.45) is 2.08. The topological polar surface area (TPSA) is 67.4 Å². The lowest BCUT2D eigenvalue weighted by atomic mass is 10.1. The van der Waals surface area contributed by atoms with E-state index in [4.69, 9.17) is 4.74 Å². The lowest BCUT2D eigenvalue weighted by molar-refractivity contribution is -0.115. The van der Waals surface area contributed by atoms with Gasteiger partial charge in [-0.15, -0.1) is 11.8 Å². The van der Waals surface area contributed by atoms with Crippen LogP contribution < -0.4 is 15.4 Å². The fraction of sp³-hybridized carbons (Fsp3) is 0.188. The Labute approximate surface area is 228 Å². The van der Waals surface area contributed by atoms with Gasteiger partial charge in [-0.1, -0.05) is 67.4 Å². The normalized spacial score (nSPS) is 11.4. The zero-order chi connectivity index (χ0) is 26.7. The van der Waals surface area contributed by atoms with Gasteiger partial charge in [-0.2, -0.15) is 0 Å². The number of hydrogen-bond donors (Lipinski definition) is 2. The quantitative estimate of drug-likeness (QED) is 0.155. The molecule has 38 heavy (non-hydrogen) atoms. The van der Waals surface area contributed by atoms with E-state index in [0.29, 0.717) is 23.5 Å². The maximum absolute atomic E-state index is 13.5. The summed E-state index contributed by atoms with van der Waals surface area (Å²) in [6, 6.07) is 32.1. The molecule has 2 N–H and O–H groups in total. The molecule has 6 heteroatoms. The van der Waals surface area contributed by atoms with Crippen LogP contribution in [0.15, 0.2) is 108 Å². The second-order valence-electron chi connectivity index (χ2n) is 8.97. The standard InChI is InChI=1S/C32H32N2O3S/c1-3-4-21-37-28-19-17-26(18-20-28)33-32(36)30(24-9-6-5-7-10-24)38-29-12-8-11-27(22-29)34-31(35)25-15-13-23(2)14-16-25/h5-20,22,30H,3-4,21H2,1-2H3,(H,33,36)(H,34,35). The Hall–Kier alpha value is -4.03. The van der Waals surface area contributed by atoms with Gasteiger partial charge in [0.1, 0.15) is 11.0 Å². The molecule has 0 saturated heterocycles. The molecule has 0 heterocycles. The van der Waals surface area contributed by atoms with Crippen LogP contribution in [-0.4, -0.2) is 18.4 Å². The van der Waals surface area contributed by atoms with Crippen LogP contribution in [0.1, 0.15) is 46.5 Å². The van der Waals surface area contributed by atoms with E-state index in [9.17, 15) is 9.59 Å². The zero-order valence-electron chi connectivity index (χ0n) is 21.6. The van der Waals surface area contributed by atoms with Crippen LogP contribution >= 0.6 is 11.8 Å². The molecule has 0 aliphatic carbocycles. The van der Waals surface area contributed by atoms with Gasteiger partial charge in [0.25, 0.3) is 5.91 Å². The Morgan fingerprint density at radius 1 is 0.816 bits per heavy atom. The second-order valence-corrected chi connectivity index (χ2v) is 10.2. The zero-order valence-corrected chi connectivity index (χ0v) is 22.5. The van der Waals surface area contributed by atoms with E-state index in [1.54, 1.807) is 0 Å². The second kappa shape index (κ2) is 13.5. The van der Waals surface area contributed by atoms with Gasteiger partial charge in [0.15, 0.2) is 0 Å². The minimum absolute atomic E-state index is 0.130. The third-order valence-electron chi connectivity index (χ3n) is 5.89. The first kappa shape index (κ1) is 27.0. The van der Waals surface area contributed by atoms with Crippen LogP contribution in [-0.2, 0) is 4.79 Å². The van der Waals surface area contributed by atoms with Crippen molar-refractivity contribution in [3.8, 4) is 5.75 Å². The first-order chi connectivity index (χ1) is 18.5. The highest BCUT2D eigenvalue weighted by Crippen LogP contribution is 2.37. The molecule has 0 spiro atoms. The predicted molar refractivity (Wildman–Crippen MR) is 156 cm³/mol. The Balaban J connectivity index is 1.47. The van der Waals surface area contributed by atoms with E-state index in [1.807, 2.05) is 110 Å². The van der Waals surface area contributed by atoms with Crippen LogP contribution in [0.3, 0.4) is 0 Å². The number of aryl methyl sites for hydroxylation is 1. The van der Waals surface area contributed by atoms with Gasteiger partial charge in [-0.25, -0.2) is 0 Å². The van der Waals surface area contributed by atoms with Gasteiger partial charge in [0, 0.05) is 21.8 Å². The van der Waals surface area contributed by atoms with Crippen molar-refractivity contribution in [2.45, 2.75) is 36.8 Å². The average Bonchev–Trinajstić information content (AvgIpc) is 2.94. The number of amides is 2. The van der Waals surface area contributed by atoms with Crippen LogP contribution in [0.25, 0.3) is 0 Å². The summed E-state index contributed by atoms with van der Waals surface area (Å²) in [6.45, 7) is 4.79. The van der Waals surface area contributed by atoms with Crippen LogP contribution in [0.5, 0.6) is 5.75 Å². The monoisotopic (exact) mass is 524 g/mol. The van der Waals surface area contributed by atoms with Gasteiger partial charge < -0.3 is 15.4 Å². The van der Waals surface area contributed by atoms with Crippen molar-refractivity contribution >= 4 is 35.0 Å². The van der Waals surface area contributed by atoms with Gasteiger partial charge in [0.05, 0.1) is 6.61 Å². The largest absolute Gasteiger partial charge is 0.494 e. The molecule has 4 rings (SSSR count). The van der Waals surface area contributed by atoms with Gasteiger partial charge in [-0.3, -0.25) is 9.59 Å². The molecule has 1 atom stereocenters. The van der Waals surface area contributed by atoms with Crippen molar-refractivity contribution in [3.63, 3.8) is 0 Å². The molecule has 0 aliphatic rings. The summed E-state index contributed by atoms with van der Waals surface area (Å²) in [7, 11) is 0. The summed E-state index contributed by atoms with van der Waals surface area (Å²) in [4.78, 5) is 27.0. The Morgan fingerprint density at radius 2 is 1.55 bits per heavy atom. The van der Waals surface area contributed by atoms with Crippen LogP contribution in [0.2, 0.25) is 0 Å². The van der Waals surface area contributed by atoms with Gasteiger partial charge in [0.2, 0.25) is 5.91 Å². The molecule has 4 aromatic rings. The van der Waals surface area contributed by atoms with Gasteiger partial charge >= 0.3 is 0 Å². The summed E-state index contributed by atoms with van der Waals surface area (Å²) in [5, 5.41) is 5.52. The lowest BCUT2D eigenvalue weighted by Gasteiger charge is -2.18. The number of thioether (sulfide) groups is 1. The van der Waals surface area contributed by atoms with Gasteiger partial charge in [-0.05, 0) is 73.5 Å². The van der Waals surface area contributed by atoms with Crippen molar-refractivity contribution in [1.82, 2.24) is 0 Å². The third-order valence-corrected chi connectivity index (χ3v) is 7.14. The van der Waals surface area contributed by atoms with E-state index in [-0.39, 0.29) is 11.8 Å². The molecule has 0 aliphatic heterocycles. The number of benzene rings is 4. The van der Waals surface area contributed by atoms with Crippen LogP contribution in [0, 0.1) is 6.92 Å². The van der Waals surface area contributed by atoms with E-state index >= 15 is 0 Å². The minimum atomic E-state index is -0.486. The molecule has 4 aromatic carbocycles. The maximum atomic E-state index is 13.5. The third kappa shape index (κ3) is 7.73. The number of carbonyl (C=O) groups is 2. The molecule has 0 radical (unpaired) electrons. The molecular formula is C32H32N2O3S.